The first-order chi connectivity index (χ1) is 6.91. The Morgan fingerprint density at radius 3 is 2.27 bits per heavy atom. The number of benzene rings is 1. The molecule has 1 aromatic carbocycles. The summed E-state index contributed by atoms with van der Waals surface area (Å²) in [5.41, 5.74) is 0.995. The van der Waals surface area contributed by atoms with Gasteiger partial charge in [-0.3, -0.25) is 0 Å². The molecule has 1 atom stereocenters. The van der Waals surface area contributed by atoms with Crippen molar-refractivity contribution in [2.75, 3.05) is 0 Å². The summed E-state index contributed by atoms with van der Waals surface area (Å²) >= 11 is -2.02. The van der Waals surface area contributed by atoms with Crippen LogP contribution in [0, 0.1) is 0 Å². The SMILES string of the molecule is C=[C](CC(O)c1ccccc1)[Sn]([CH3])([CH3])[CH3]. The fourth-order valence-electron chi connectivity index (χ4n) is 1.33. The van der Waals surface area contributed by atoms with E-state index < -0.39 is 18.4 Å². The van der Waals surface area contributed by atoms with Crippen molar-refractivity contribution in [2.24, 2.45) is 0 Å². The molecule has 0 bridgehead atoms. The number of rotatable bonds is 4. The summed E-state index contributed by atoms with van der Waals surface area (Å²) in [5.74, 6) is 0. The van der Waals surface area contributed by atoms with Crippen LogP contribution in [0.3, 0.4) is 0 Å². The van der Waals surface area contributed by atoms with Gasteiger partial charge in [-0.2, -0.15) is 0 Å². The molecule has 0 aliphatic rings. The molecule has 0 heterocycles. The first kappa shape index (κ1) is 12.8. The monoisotopic (exact) mass is 312 g/mol. The van der Waals surface area contributed by atoms with Gasteiger partial charge in [0.1, 0.15) is 0 Å². The maximum absolute atomic E-state index is 10.0. The Labute approximate surface area is 96.7 Å². The predicted molar refractivity (Wildman–Crippen MR) is 68.5 cm³/mol. The average molecular weight is 311 g/mol. The Bertz CT molecular complexity index is 324. The quantitative estimate of drug-likeness (QED) is 0.843. The van der Waals surface area contributed by atoms with Crippen molar-refractivity contribution in [3.63, 3.8) is 0 Å². The first-order valence-corrected chi connectivity index (χ1v) is 15.3. The van der Waals surface area contributed by atoms with Crippen molar-refractivity contribution < 1.29 is 5.11 Å². The second kappa shape index (κ2) is 5.17. The van der Waals surface area contributed by atoms with E-state index in [1.165, 1.54) is 3.59 Å². The molecule has 0 spiro atoms. The van der Waals surface area contributed by atoms with Gasteiger partial charge in [0, 0.05) is 0 Å². The molecule has 1 N–H and O–H groups in total. The summed E-state index contributed by atoms with van der Waals surface area (Å²) in [6.07, 6.45) is 0.346. The minimum atomic E-state index is -2.02. The molecule has 0 radical (unpaired) electrons. The van der Waals surface area contributed by atoms with Gasteiger partial charge in [-0.25, -0.2) is 0 Å². The molecule has 0 saturated heterocycles. The molecule has 15 heavy (non-hydrogen) atoms. The maximum atomic E-state index is 10.0. The summed E-state index contributed by atoms with van der Waals surface area (Å²) < 4.78 is 1.29. The molecule has 0 saturated carbocycles. The summed E-state index contributed by atoms with van der Waals surface area (Å²) in [4.78, 5) is 6.98. The average Bonchev–Trinajstić information content (AvgIpc) is 2.17. The third-order valence-electron chi connectivity index (χ3n) is 2.68. The zero-order chi connectivity index (χ0) is 11.5. The van der Waals surface area contributed by atoms with Crippen LogP contribution in [-0.2, 0) is 0 Å². The van der Waals surface area contributed by atoms with Crippen LogP contribution in [0.5, 0.6) is 0 Å². The molecular weight excluding hydrogens is 291 g/mol. The van der Waals surface area contributed by atoms with Crippen LogP contribution in [0.4, 0.5) is 0 Å². The zero-order valence-electron chi connectivity index (χ0n) is 9.83. The number of hydrogen-bond acceptors (Lipinski definition) is 1. The molecule has 1 nitrogen and oxygen atoms in total. The Morgan fingerprint density at radius 2 is 1.80 bits per heavy atom. The number of hydrogen-bond donors (Lipinski definition) is 1. The second-order valence-electron chi connectivity index (χ2n) is 4.98. The van der Waals surface area contributed by atoms with Crippen LogP contribution < -0.4 is 0 Å². The van der Waals surface area contributed by atoms with Crippen molar-refractivity contribution >= 4 is 18.4 Å². The van der Waals surface area contributed by atoms with Gasteiger partial charge < -0.3 is 0 Å². The molecule has 0 aliphatic heterocycles. The van der Waals surface area contributed by atoms with E-state index in [1.54, 1.807) is 0 Å². The fraction of sp³-hybridized carbons (Fsp3) is 0.385. The van der Waals surface area contributed by atoms with Crippen LogP contribution in [0.25, 0.3) is 0 Å². The van der Waals surface area contributed by atoms with E-state index in [2.05, 4.69) is 21.4 Å². The van der Waals surface area contributed by atoms with Gasteiger partial charge in [-0.15, -0.1) is 0 Å². The molecular formula is C13H20OSn. The molecule has 0 fully saturated rings. The Morgan fingerprint density at radius 1 is 1.27 bits per heavy atom. The summed E-state index contributed by atoms with van der Waals surface area (Å²) in [7, 11) is 0. The van der Waals surface area contributed by atoms with E-state index in [9.17, 15) is 5.11 Å². The number of aliphatic hydroxyl groups is 1. The second-order valence-corrected chi connectivity index (χ2v) is 19.8. The van der Waals surface area contributed by atoms with Crippen molar-refractivity contribution in [1.29, 1.82) is 0 Å². The van der Waals surface area contributed by atoms with E-state index in [4.69, 9.17) is 0 Å². The summed E-state index contributed by atoms with van der Waals surface area (Å²) in [6.45, 7) is 4.12. The first-order valence-electron chi connectivity index (χ1n) is 5.32. The zero-order valence-corrected chi connectivity index (χ0v) is 12.7. The third-order valence-corrected chi connectivity index (χ3v) is 9.32. The van der Waals surface area contributed by atoms with Crippen molar-refractivity contribution in [1.82, 2.24) is 0 Å². The van der Waals surface area contributed by atoms with Gasteiger partial charge in [0.05, 0.1) is 0 Å². The van der Waals surface area contributed by atoms with Crippen LogP contribution >= 0.6 is 0 Å². The molecule has 0 amide bonds. The minimum absolute atomic E-state index is 0.380. The molecule has 1 rings (SSSR count). The summed E-state index contributed by atoms with van der Waals surface area (Å²) in [5, 5.41) is 10.0. The molecule has 0 aromatic heterocycles. The van der Waals surface area contributed by atoms with Gasteiger partial charge >= 0.3 is 96.9 Å². The molecule has 82 valence electrons. The van der Waals surface area contributed by atoms with Crippen LogP contribution in [0.2, 0.25) is 14.8 Å². The van der Waals surface area contributed by atoms with Gasteiger partial charge in [-0.1, -0.05) is 0 Å². The molecule has 2 heteroatoms. The predicted octanol–water partition coefficient (Wildman–Crippen LogP) is 3.54. The van der Waals surface area contributed by atoms with E-state index in [0.717, 1.165) is 12.0 Å². The topological polar surface area (TPSA) is 20.2 Å². The van der Waals surface area contributed by atoms with Crippen LogP contribution in [0.1, 0.15) is 18.1 Å². The van der Waals surface area contributed by atoms with Crippen molar-refractivity contribution in [2.45, 2.75) is 27.3 Å². The third kappa shape index (κ3) is 3.99. The summed E-state index contributed by atoms with van der Waals surface area (Å²) in [6, 6.07) is 9.82. The Hall–Kier alpha value is -0.281. The van der Waals surface area contributed by atoms with Crippen LogP contribution in [-0.4, -0.2) is 23.5 Å². The van der Waals surface area contributed by atoms with Gasteiger partial charge in [0.25, 0.3) is 0 Å². The number of aliphatic hydroxyl groups excluding tert-OH is 1. The van der Waals surface area contributed by atoms with E-state index >= 15 is 0 Å². The molecule has 0 aliphatic carbocycles. The Kier molecular flexibility index (Phi) is 4.41. The Balaban J connectivity index is 2.65. The fourth-order valence-corrected chi connectivity index (χ4v) is 3.63. The van der Waals surface area contributed by atoms with E-state index in [1.807, 2.05) is 30.3 Å². The van der Waals surface area contributed by atoms with Crippen molar-refractivity contribution in [3.8, 4) is 0 Å². The molecule has 1 aromatic rings. The van der Waals surface area contributed by atoms with E-state index in [0.29, 0.717) is 0 Å². The standard InChI is InChI=1S/C10H11O.3CH3.Sn/c1-2-6-10(11)9-7-4-3-5-8-9;;;;/h3-5,7-8,10-11H,1,6H2;3*1H3;. The normalized spacial score (nSPS) is 13.6. The molecule has 1 unspecified atom stereocenters. The van der Waals surface area contributed by atoms with E-state index in [-0.39, 0.29) is 6.10 Å². The van der Waals surface area contributed by atoms with Crippen molar-refractivity contribution in [3.05, 3.63) is 46.1 Å². The van der Waals surface area contributed by atoms with Gasteiger partial charge in [0.2, 0.25) is 0 Å². The van der Waals surface area contributed by atoms with Crippen LogP contribution in [0.15, 0.2) is 40.5 Å². The van der Waals surface area contributed by atoms with Gasteiger partial charge in [0.15, 0.2) is 0 Å². The van der Waals surface area contributed by atoms with Gasteiger partial charge in [-0.05, 0) is 0 Å².